The van der Waals surface area contributed by atoms with E-state index < -0.39 is 0 Å². The molecule has 1 aliphatic rings. The molecule has 0 bridgehead atoms. The van der Waals surface area contributed by atoms with Gasteiger partial charge in [0.1, 0.15) is 18.2 Å². The fourth-order valence-corrected chi connectivity index (χ4v) is 2.50. The smallest absolute Gasteiger partial charge is 0.242 e. The van der Waals surface area contributed by atoms with E-state index in [1.807, 2.05) is 30.3 Å². The van der Waals surface area contributed by atoms with Gasteiger partial charge in [-0.15, -0.1) is 11.6 Å². The number of hydrogen-bond donors (Lipinski definition) is 0. The van der Waals surface area contributed by atoms with E-state index in [-0.39, 0.29) is 11.8 Å². The molecule has 1 amide bonds. The Kier molecular flexibility index (Phi) is 3.56. The normalized spacial score (nSPS) is 13.6. The maximum atomic E-state index is 12.0. The molecule has 0 aliphatic carbocycles. The number of ether oxygens (including phenoxy) is 1. The third kappa shape index (κ3) is 2.23. The number of hydrogen-bond acceptors (Lipinski definition) is 3. The van der Waals surface area contributed by atoms with E-state index >= 15 is 0 Å². The van der Waals surface area contributed by atoms with Crippen molar-refractivity contribution in [1.29, 1.82) is 0 Å². The highest BCUT2D eigenvalue weighted by atomic mass is 35.5. The van der Waals surface area contributed by atoms with Crippen LogP contribution < -0.4 is 9.64 Å². The number of fused-ring (bicyclic) bond motifs is 1. The van der Waals surface area contributed by atoms with Crippen LogP contribution in [0.1, 0.15) is 0 Å². The minimum atomic E-state index is -0.118. The van der Waals surface area contributed by atoms with Gasteiger partial charge in [0.15, 0.2) is 0 Å². The van der Waals surface area contributed by atoms with Gasteiger partial charge in [-0.3, -0.25) is 9.78 Å². The van der Waals surface area contributed by atoms with E-state index in [0.29, 0.717) is 18.9 Å². The number of alkyl halides is 1. The fourth-order valence-electron chi connectivity index (χ4n) is 2.35. The van der Waals surface area contributed by atoms with Crippen LogP contribution in [0.2, 0.25) is 0 Å². The zero-order valence-electron chi connectivity index (χ0n) is 10.8. The van der Waals surface area contributed by atoms with Crippen LogP contribution in [-0.4, -0.2) is 29.9 Å². The summed E-state index contributed by atoms with van der Waals surface area (Å²) >= 11 is 5.71. The molecule has 0 N–H and O–H groups in total. The van der Waals surface area contributed by atoms with E-state index in [9.17, 15) is 4.79 Å². The second-order valence-corrected chi connectivity index (χ2v) is 4.69. The Labute approximate surface area is 122 Å². The lowest BCUT2D eigenvalue weighted by Gasteiger charge is -2.31. The van der Waals surface area contributed by atoms with Crippen LogP contribution in [0.4, 0.5) is 5.69 Å². The van der Waals surface area contributed by atoms with Gasteiger partial charge in [0.25, 0.3) is 0 Å². The summed E-state index contributed by atoms with van der Waals surface area (Å²) in [6.07, 6.45) is 3.49. The zero-order valence-corrected chi connectivity index (χ0v) is 11.5. The molecule has 5 heteroatoms. The lowest BCUT2D eigenvalue weighted by molar-refractivity contribution is -0.116. The third-order valence-corrected chi connectivity index (χ3v) is 3.46. The van der Waals surface area contributed by atoms with Crippen molar-refractivity contribution in [2.45, 2.75) is 0 Å². The molecule has 0 radical (unpaired) electrons. The molecule has 102 valence electrons. The van der Waals surface area contributed by atoms with Gasteiger partial charge in [-0.2, -0.15) is 0 Å². The molecule has 0 atom stereocenters. The van der Waals surface area contributed by atoms with Crippen molar-refractivity contribution >= 4 is 23.2 Å². The summed E-state index contributed by atoms with van der Waals surface area (Å²) in [5, 5.41) is 0. The van der Waals surface area contributed by atoms with Crippen LogP contribution in [-0.2, 0) is 4.79 Å². The molecular formula is C15H13ClN2O2. The number of carbonyl (C=O) groups is 1. The molecule has 0 saturated carbocycles. The highest BCUT2D eigenvalue weighted by Gasteiger charge is 2.26. The summed E-state index contributed by atoms with van der Waals surface area (Å²) in [4.78, 5) is 17.9. The van der Waals surface area contributed by atoms with E-state index in [0.717, 1.165) is 16.8 Å². The molecule has 0 unspecified atom stereocenters. The number of carbonyl (C=O) groups excluding carboxylic acids is 1. The summed E-state index contributed by atoms with van der Waals surface area (Å²) in [6, 6.07) is 9.56. The number of pyridine rings is 1. The first-order valence-corrected chi connectivity index (χ1v) is 6.87. The maximum Gasteiger partial charge on any atom is 0.242 e. The number of anilines is 1. The quantitative estimate of drug-likeness (QED) is 0.798. The monoisotopic (exact) mass is 288 g/mol. The zero-order chi connectivity index (χ0) is 13.9. The molecule has 2 heterocycles. The van der Waals surface area contributed by atoms with Crippen LogP contribution in [0.5, 0.6) is 5.75 Å². The van der Waals surface area contributed by atoms with Crippen LogP contribution >= 0.6 is 11.6 Å². The Balaban J connectivity index is 2.16. The van der Waals surface area contributed by atoms with E-state index in [1.165, 1.54) is 0 Å². The van der Waals surface area contributed by atoms with Gasteiger partial charge in [0.2, 0.25) is 5.91 Å². The van der Waals surface area contributed by atoms with Crippen molar-refractivity contribution in [2.24, 2.45) is 0 Å². The number of aromatic nitrogens is 1. The fraction of sp³-hybridized carbons (Fsp3) is 0.200. The topological polar surface area (TPSA) is 42.4 Å². The average molecular weight is 289 g/mol. The van der Waals surface area contributed by atoms with Gasteiger partial charge in [-0.05, 0) is 12.1 Å². The standard InChI is InChI=1S/C15H13ClN2O2/c16-9-14(19)18-7-8-20-13-5-1-4-12(15(13)18)11-3-2-6-17-10-11/h1-6,10H,7-9H2. The van der Waals surface area contributed by atoms with Gasteiger partial charge in [-0.1, -0.05) is 18.2 Å². The number of nitrogens with zero attached hydrogens (tertiary/aromatic N) is 2. The summed E-state index contributed by atoms with van der Waals surface area (Å²) in [7, 11) is 0. The first-order chi connectivity index (χ1) is 9.81. The van der Waals surface area contributed by atoms with Crippen molar-refractivity contribution in [3.8, 4) is 16.9 Å². The molecular weight excluding hydrogens is 276 g/mol. The Morgan fingerprint density at radius 3 is 3.00 bits per heavy atom. The van der Waals surface area contributed by atoms with Crippen LogP contribution in [0, 0.1) is 0 Å². The Morgan fingerprint density at radius 2 is 2.25 bits per heavy atom. The van der Waals surface area contributed by atoms with Crippen molar-refractivity contribution in [1.82, 2.24) is 4.98 Å². The maximum absolute atomic E-state index is 12.0. The predicted octanol–water partition coefficient (Wildman–Crippen LogP) is 2.71. The number of rotatable bonds is 2. The summed E-state index contributed by atoms with van der Waals surface area (Å²) in [5.41, 5.74) is 2.65. The average Bonchev–Trinajstić information content (AvgIpc) is 2.53. The second kappa shape index (κ2) is 5.51. The molecule has 2 aromatic rings. The first kappa shape index (κ1) is 12.9. The van der Waals surface area contributed by atoms with Crippen LogP contribution in [0.3, 0.4) is 0 Å². The molecule has 0 fully saturated rings. The Morgan fingerprint density at radius 1 is 1.35 bits per heavy atom. The Bertz CT molecular complexity index is 631. The number of benzene rings is 1. The van der Waals surface area contributed by atoms with Crippen LogP contribution in [0.15, 0.2) is 42.7 Å². The van der Waals surface area contributed by atoms with Crippen molar-refractivity contribution in [3.05, 3.63) is 42.7 Å². The largest absolute Gasteiger partial charge is 0.490 e. The van der Waals surface area contributed by atoms with Gasteiger partial charge in [-0.25, -0.2) is 0 Å². The number of para-hydroxylation sites is 1. The molecule has 20 heavy (non-hydrogen) atoms. The molecule has 0 saturated heterocycles. The molecule has 4 nitrogen and oxygen atoms in total. The summed E-state index contributed by atoms with van der Waals surface area (Å²) in [6.45, 7) is 0.988. The number of amides is 1. The molecule has 1 aromatic heterocycles. The minimum absolute atomic E-state index is 0.0409. The summed E-state index contributed by atoms with van der Waals surface area (Å²) < 4.78 is 5.65. The minimum Gasteiger partial charge on any atom is -0.490 e. The first-order valence-electron chi connectivity index (χ1n) is 6.34. The van der Waals surface area contributed by atoms with Crippen LogP contribution in [0.25, 0.3) is 11.1 Å². The molecule has 1 aliphatic heterocycles. The Hall–Kier alpha value is -2.07. The molecule has 3 rings (SSSR count). The van der Waals surface area contributed by atoms with E-state index in [2.05, 4.69) is 4.98 Å². The molecule has 0 spiro atoms. The second-order valence-electron chi connectivity index (χ2n) is 4.42. The SMILES string of the molecule is O=C(CCl)N1CCOc2cccc(-c3cccnc3)c21. The van der Waals surface area contributed by atoms with Crippen molar-refractivity contribution < 1.29 is 9.53 Å². The summed E-state index contributed by atoms with van der Waals surface area (Å²) in [5.74, 6) is 0.546. The lowest BCUT2D eigenvalue weighted by Crippen LogP contribution is -2.39. The number of halogens is 1. The van der Waals surface area contributed by atoms with Gasteiger partial charge < -0.3 is 9.64 Å². The lowest BCUT2D eigenvalue weighted by atomic mass is 10.0. The predicted molar refractivity (Wildman–Crippen MR) is 78.2 cm³/mol. The van der Waals surface area contributed by atoms with E-state index in [1.54, 1.807) is 17.3 Å². The van der Waals surface area contributed by atoms with Crippen molar-refractivity contribution in [3.63, 3.8) is 0 Å². The third-order valence-electron chi connectivity index (χ3n) is 3.23. The van der Waals surface area contributed by atoms with E-state index in [4.69, 9.17) is 16.3 Å². The highest BCUT2D eigenvalue weighted by molar-refractivity contribution is 6.29. The highest BCUT2D eigenvalue weighted by Crippen LogP contribution is 2.40. The van der Waals surface area contributed by atoms with Gasteiger partial charge in [0.05, 0.1) is 12.2 Å². The van der Waals surface area contributed by atoms with Crippen molar-refractivity contribution in [2.75, 3.05) is 23.9 Å². The van der Waals surface area contributed by atoms with Gasteiger partial charge >= 0.3 is 0 Å². The molecule has 1 aromatic carbocycles. The van der Waals surface area contributed by atoms with Gasteiger partial charge in [0, 0.05) is 23.5 Å².